The Balaban J connectivity index is 1.22. The van der Waals surface area contributed by atoms with Gasteiger partial charge in [0.1, 0.15) is 6.04 Å². The minimum absolute atomic E-state index is 0.0574. The molecule has 4 heterocycles. The number of aliphatic carboxylic acids is 1. The molecule has 5 fully saturated rings. The van der Waals surface area contributed by atoms with Crippen molar-refractivity contribution in [1.29, 1.82) is 0 Å². The number of carboxylic acids is 1. The van der Waals surface area contributed by atoms with Crippen molar-refractivity contribution in [3.05, 3.63) is 34.6 Å². The standard InChI is InChI=1S/C29H38N4O4/c1-17-8-18-10-19(9-17)12-20(11-18)32-22-13-21(14-23(32)16-37-15-22)33-25-5-3-2-4-24(25)30-27(28(33)34)31-7-6-26(31)29(35)36/h2-5,17-23,26H,6-16H2,1H3,(H,35,36)/t17?,18-,19+,20?,21?,22-,23+,26-/m0/s1. The molecule has 1 N–H and O–H groups in total. The Morgan fingerprint density at radius 2 is 1.65 bits per heavy atom. The van der Waals surface area contributed by atoms with Gasteiger partial charge in [-0.25, -0.2) is 9.78 Å². The lowest BCUT2D eigenvalue weighted by molar-refractivity contribution is -0.140. The first-order valence-electron chi connectivity index (χ1n) is 14.3. The lowest BCUT2D eigenvalue weighted by Crippen LogP contribution is -2.62. The van der Waals surface area contributed by atoms with E-state index in [1.165, 1.54) is 32.1 Å². The molecule has 2 aliphatic carbocycles. The minimum Gasteiger partial charge on any atom is -0.480 e. The van der Waals surface area contributed by atoms with Crippen LogP contribution in [0.5, 0.6) is 0 Å². The van der Waals surface area contributed by atoms with Crippen LogP contribution in [0, 0.1) is 17.8 Å². The van der Waals surface area contributed by atoms with Crippen LogP contribution in [0.1, 0.15) is 64.3 Å². The monoisotopic (exact) mass is 506 g/mol. The number of nitrogens with zero attached hydrogens (tertiary/aromatic N) is 4. The molecule has 3 saturated heterocycles. The average molecular weight is 507 g/mol. The smallest absolute Gasteiger partial charge is 0.326 e. The van der Waals surface area contributed by atoms with Crippen LogP contribution in [0.25, 0.3) is 11.0 Å². The third kappa shape index (κ3) is 3.98. The largest absolute Gasteiger partial charge is 0.480 e. The zero-order chi connectivity index (χ0) is 25.3. The summed E-state index contributed by atoms with van der Waals surface area (Å²) in [6.45, 7) is 4.44. The summed E-state index contributed by atoms with van der Waals surface area (Å²) < 4.78 is 8.04. The molecular weight excluding hydrogens is 468 g/mol. The maximum Gasteiger partial charge on any atom is 0.326 e. The van der Waals surface area contributed by atoms with Crippen molar-refractivity contribution in [3.63, 3.8) is 0 Å². The molecule has 3 unspecified atom stereocenters. The molecule has 2 aromatic rings. The number of para-hydroxylation sites is 2. The molecule has 7 rings (SSSR count). The van der Waals surface area contributed by atoms with E-state index >= 15 is 0 Å². The van der Waals surface area contributed by atoms with E-state index in [2.05, 4.69) is 16.8 Å². The summed E-state index contributed by atoms with van der Waals surface area (Å²) >= 11 is 0. The predicted octanol–water partition coefficient (Wildman–Crippen LogP) is 3.68. The fourth-order valence-corrected chi connectivity index (χ4v) is 8.70. The second-order valence-electron chi connectivity index (χ2n) is 12.5. The van der Waals surface area contributed by atoms with Gasteiger partial charge in [-0.15, -0.1) is 0 Å². The van der Waals surface area contributed by atoms with Crippen molar-refractivity contribution in [1.82, 2.24) is 14.5 Å². The van der Waals surface area contributed by atoms with Gasteiger partial charge in [0.15, 0.2) is 5.82 Å². The molecular formula is C29H38N4O4. The van der Waals surface area contributed by atoms with Gasteiger partial charge in [0.05, 0.1) is 24.2 Å². The number of fused-ring (bicyclic) bond motifs is 5. The molecule has 198 valence electrons. The molecule has 1 aromatic heterocycles. The van der Waals surface area contributed by atoms with E-state index in [1.807, 2.05) is 28.8 Å². The van der Waals surface area contributed by atoms with E-state index in [4.69, 9.17) is 4.74 Å². The Morgan fingerprint density at radius 3 is 2.30 bits per heavy atom. The lowest BCUT2D eigenvalue weighted by atomic mass is 9.66. The first-order valence-corrected chi connectivity index (χ1v) is 14.3. The van der Waals surface area contributed by atoms with E-state index in [0.29, 0.717) is 31.1 Å². The van der Waals surface area contributed by atoms with Gasteiger partial charge < -0.3 is 19.3 Å². The minimum atomic E-state index is -0.890. The summed E-state index contributed by atoms with van der Waals surface area (Å²) in [5, 5.41) is 9.63. The molecule has 4 bridgehead atoms. The van der Waals surface area contributed by atoms with E-state index in [1.54, 1.807) is 4.90 Å². The number of rotatable bonds is 4. The quantitative estimate of drug-likeness (QED) is 0.677. The highest BCUT2D eigenvalue weighted by atomic mass is 16.5. The molecule has 5 aliphatic rings. The molecule has 2 saturated carbocycles. The van der Waals surface area contributed by atoms with Crippen LogP contribution in [0.4, 0.5) is 5.82 Å². The van der Waals surface area contributed by atoms with Crippen LogP contribution < -0.4 is 10.5 Å². The number of morpholine rings is 1. The fraction of sp³-hybridized carbons (Fsp3) is 0.690. The number of hydrogen-bond donors (Lipinski definition) is 1. The molecule has 0 amide bonds. The van der Waals surface area contributed by atoms with Crippen LogP contribution in [0.2, 0.25) is 0 Å². The number of carbonyl (C=O) groups is 1. The van der Waals surface area contributed by atoms with Crippen LogP contribution in [-0.2, 0) is 9.53 Å². The normalized spacial score (nSPS) is 37.8. The SMILES string of the molecule is CC1C[C@@H]2CC(N3[C@@H]4COC[C@H]3CC(n3c(=O)c(N5CC[C@H]5C(=O)O)nc5ccccc53)C4)C[C@H](C1)C2. The summed E-state index contributed by atoms with van der Waals surface area (Å²) in [7, 11) is 0. The van der Waals surface area contributed by atoms with Crippen molar-refractivity contribution in [3.8, 4) is 0 Å². The second kappa shape index (κ2) is 9.09. The van der Waals surface area contributed by atoms with Crippen LogP contribution in [-0.4, -0.2) is 69.5 Å². The Labute approximate surface area is 217 Å². The molecule has 0 spiro atoms. The third-order valence-electron chi connectivity index (χ3n) is 10.0. The molecule has 8 nitrogen and oxygen atoms in total. The molecule has 37 heavy (non-hydrogen) atoms. The van der Waals surface area contributed by atoms with Crippen LogP contribution in [0.15, 0.2) is 29.1 Å². The molecule has 1 aromatic carbocycles. The van der Waals surface area contributed by atoms with Crippen molar-refractivity contribution in [2.75, 3.05) is 24.7 Å². The summed E-state index contributed by atoms with van der Waals surface area (Å²) in [6.07, 6.45) is 9.11. The summed E-state index contributed by atoms with van der Waals surface area (Å²) in [5.74, 6) is 1.99. The summed E-state index contributed by atoms with van der Waals surface area (Å²) in [4.78, 5) is 34.9. The van der Waals surface area contributed by atoms with Crippen molar-refractivity contribution in [2.45, 2.75) is 88.5 Å². The van der Waals surface area contributed by atoms with E-state index in [0.717, 1.165) is 54.8 Å². The van der Waals surface area contributed by atoms with Gasteiger partial charge >= 0.3 is 5.97 Å². The Kier molecular flexibility index (Phi) is 5.81. The van der Waals surface area contributed by atoms with Gasteiger partial charge in [0.2, 0.25) is 0 Å². The van der Waals surface area contributed by atoms with Crippen molar-refractivity contribution in [2.24, 2.45) is 17.8 Å². The molecule has 8 atom stereocenters. The van der Waals surface area contributed by atoms with Gasteiger partial charge in [-0.2, -0.15) is 0 Å². The van der Waals surface area contributed by atoms with E-state index in [-0.39, 0.29) is 17.4 Å². The van der Waals surface area contributed by atoms with E-state index < -0.39 is 12.0 Å². The number of hydrogen-bond acceptors (Lipinski definition) is 6. The summed E-state index contributed by atoms with van der Waals surface area (Å²) in [5.41, 5.74) is 1.46. The lowest BCUT2D eigenvalue weighted by Gasteiger charge is -2.55. The number of anilines is 1. The first kappa shape index (κ1) is 23.7. The van der Waals surface area contributed by atoms with Crippen molar-refractivity contribution >= 4 is 22.8 Å². The highest BCUT2D eigenvalue weighted by molar-refractivity contribution is 5.81. The van der Waals surface area contributed by atoms with Gasteiger partial charge in [-0.3, -0.25) is 9.69 Å². The predicted molar refractivity (Wildman–Crippen MR) is 141 cm³/mol. The van der Waals surface area contributed by atoms with Gasteiger partial charge in [-0.1, -0.05) is 19.1 Å². The van der Waals surface area contributed by atoms with Crippen LogP contribution in [0.3, 0.4) is 0 Å². The summed E-state index contributed by atoms with van der Waals surface area (Å²) in [6, 6.07) is 8.48. The number of ether oxygens (including phenoxy) is 1. The maximum absolute atomic E-state index is 14.0. The zero-order valence-corrected chi connectivity index (χ0v) is 21.7. The zero-order valence-electron chi connectivity index (χ0n) is 21.7. The van der Waals surface area contributed by atoms with E-state index in [9.17, 15) is 14.7 Å². The molecule has 0 radical (unpaired) electrons. The van der Waals surface area contributed by atoms with Gasteiger partial charge in [-0.05, 0) is 81.3 Å². The highest BCUT2D eigenvalue weighted by Crippen LogP contribution is 2.47. The Hall–Kier alpha value is -2.45. The Bertz CT molecular complexity index is 1230. The Morgan fingerprint density at radius 1 is 0.946 bits per heavy atom. The first-order chi connectivity index (χ1) is 18.0. The number of carboxylic acid groups (broad SMARTS) is 1. The number of aromatic nitrogens is 2. The highest BCUT2D eigenvalue weighted by Gasteiger charge is 2.47. The van der Waals surface area contributed by atoms with Gasteiger partial charge in [0, 0.05) is 30.7 Å². The average Bonchev–Trinajstić information content (AvgIpc) is 2.82. The van der Waals surface area contributed by atoms with Crippen LogP contribution >= 0.6 is 0 Å². The number of piperidine rings is 1. The molecule has 3 aliphatic heterocycles. The fourth-order valence-electron chi connectivity index (χ4n) is 8.70. The van der Waals surface area contributed by atoms with Gasteiger partial charge in [0.25, 0.3) is 5.56 Å². The maximum atomic E-state index is 14.0. The topological polar surface area (TPSA) is 87.9 Å². The second-order valence-corrected chi connectivity index (χ2v) is 12.5. The molecule has 8 heteroatoms. The third-order valence-corrected chi connectivity index (χ3v) is 10.0. The number of benzene rings is 1. The van der Waals surface area contributed by atoms with Crippen molar-refractivity contribution < 1.29 is 14.6 Å².